The van der Waals surface area contributed by atoms with Crippen LogP contribution in [0.4, 0.5) is 0 Å². The van der Waals surface area contributed by atoms with Crippen LogP contribution in [0.25, 0.3) is 0 Å². The van der Waals surface area contributed by atoms with Gasteiger partial charge in [-0.1, -0.05) is 0 Å². The van der Waals surface area contributed by atoms with E-state index in [1.54, 1.807) is 12.5 Å². The van der Waals surface area contributed by atoms with Gasteiger partial charge >= 0.3 is 0 Å². The van der Waals surface area contributed by atoms with Gasteiger partial charge in [-0.3, -0.25) is 4.90 Å². The molecule has 0 spiro atoms. The summed E-state index contributed by atoms with van der Waals surface area (Å²) in [5.41, 5.74) is 0. The van der Waals surface area contributed by atoms with Crippen LogP contribution in [-0.4, -0.2) is 41.1 Å². The Bertz CT molecular complexity index is 229. The molecular weight excluding hydrogens is 166 g/mol. The first kappa shape index (κ1) is 8.56. The molecule has 0 radical (unpaired) electrons. The van der Waals surface area contributed by atoms with Crippen molar-refractivity contribution in [2.45, 2.75) is 12.8 Å². The van der Waals surface area contributed by atoms with Crippen LogP contribution in [0.2, 0.25) is 0 Å². The molecular formula is C9H15N3O. The molecule has 1 saturated heterocycles. The summed E-state index contributed by atoms with van der Waals surface area (Å²) in [5, 5.41) is 0. The molecule has 1 N–H and O–H groups in total. The van der Waals surface area contributed by atoms with E-state index in [9.17, 15) is 0 Å². The quantitative estimate of drug-likeness (QED) is 0.749. The van der Waals surface area contributed by atoms with Gasteiger partial charge in [0.1, 0.15) is 6.61 Å². The van der Waals surface area contributed by atoms with Crippen LogP contribution in [0.15, 0.2) is 12.5 Å². The summed E-state index contributed by atoms with van der Waals surface area (Å²) in [7, 11) is 0. The average Bonchev–Trinajstić information content (AvgIpc) is 2.75. The number of rotatable bonds is 4. The molecule has 0 amide bonds. The zero-order valence-electron chi connectivity index (χ0n) is 7.70. The van der Waals surface area contributed by atoms with Crippen molar-refractivity contribution in [1.82, 2.24) is 14.9 Å². The minimum Gasteiger partial charge on any atom is -0.476 e. The Morgan fingerprint density at radius 2 is 2.31 bits per heavy atom. The van der Waals surface area contributed by atoms with E-state index in [0.717, 1.165) is 19.0 Å². The molecule has 1 aromatic rings. The van der Waals surface area contributed by atoms with Crippen LogP contribution in [0.5, 0.6) is 5.88 Å². The molecule has 0 saturated carbocycles. The number of ether oxygens (including phenoxy) is 1. The van der Waals surface area contributed by atoms with Gasteiger partial charge in [0.2, 0.25) is 5.88 Å². The molecule has 13 heavy (non-hydrogen) atoms. The summed E-state index contributed by atoms with van der Waals surface area (Å²) in [6.45, 7) is 4.24. The molecule has 0 aromatic carbocycles. The van der Waals surface area contributed by atoms with Crippen molar-refractivity contribution in [2.75, 3.05) is 26.2 Å². The highest BCUT2D eigenvalue weighted by atomic mass is 16.5. The number of hydrogen-bond acceptors (Lipinski definition) is 3. The third kappa shape index (κ3) is 2.45. The van der Waals surface area contributed by atoms with E-state index in [1.165, 1.54) is 25.9 Å². The SMILES string of the molecule is c1ncc(OCCN2CCCC2)[nH]1. The second-order valence-electron chi connectivity index (χ2n) is 3.31. The second kappa shape index (κ2) is 4.28. The van der Waals surface area contributed by atoms with Crippen molar-refractivity contribution >= 4 is 0 Å². The standard InChI is InChI=1S/C9H15N3O/c1-2-4-12(3-1)5-6-13-9-7-10-8-11-9/h7-8H,1-6H2,(H,10,11). The Morgan fingerprint density at radius 1 is 1.46 bits per heavy atom. The molecule has 0 unspecified atom stereocenters. The average molecular weight is 181 g/mol. The first-order valence-corrected chi connectivity index (χ1v) is 4.79. The van der Waals surface area contributed by atoms with Crippen molar-refractivity contribution in [3.8, 4) is 5.88 Å². The number of imidazole rings is 1. The van der Waals surface area contributed by atoms with Gasteiger partial charge < -0.3 is 9.72 Å². The molecule has 4 nitrogen and oxygen atoms in total. The fourth-order valence-corrected chi connectivity index (χ4v) is 1.61. The second-order valence-corrected chi connectivity index (χ2v) is 3.31. The topological polar surface area (TPSA) is 41.1 Å². The smallest absolute Gasteiger partial charge is 0.210 e. The number of H-pyrrole nitrogens is 1. The van der Waals surface area contributed by atoms with E-state index in [4.69, 9.17) is 4.74 Å². The summed E-state index contributed by atoms with van der Waals surface area (Å²) < 4.78 is 5.45. The lowest BCUT2D eigenvalue weighted by atomic mass is 10.4. The summed E-state index contributed by atoms with van der Waals surface area (Å²) in [6.07, 6.45) is 6.00. The number of aromatic amines is 1. The van der Waals surface area contributed by atoms with Gasteiger partial charge in [-0.05, 0) is 25.9 Å². The van der Waals surface area contributed by atoms with E-state index >= 15 is 0 Å². The van der Waals surface area contributed by atoms with E-state index in [0.29, 0.717) is 0 Å². The summed E-state index contributed by atoms with van der Waals surface area (Å²) in [5.74, 6) is 0.763. The van der Waals surface area contributed by atoms with Crippen molar-refractivity contribution in [1.29, 1.82) is 0 Å². The molecule has 1 aromatic heterocycles. The van der Waals surface area contributed by atoms with Gasteiger partial charge in [0.05, 0.1) is 12.5 Å². The molecule has 0 aliphatic carbocycles. The largest absolute Gasteiger partial charge is 0.476 e. The van der Waals surface area contributed by atoms with Crippen LogP contribution in [0, 0.1) is 0 Å². The number of likely N-dealkylation sites (tertiary alicyclic amines) is 1. The van der Waals surface area contributed by atoms with Crippen LogP contribution in [0.1, 0.15) is 12.8 Å². The lowest BCUT2D eigenvalue weighted by Crippen LogP contribution is -2.25. The predicted octanol–water partition coefficient (Wildman–Crippen LogP) is 0.884. The first-order chi connectivity index (χ1) is 6.45. The first-order valence-electron chi connectivity index (χ1n) is 4.79. The van der Waals surface area contributed by atoms with E-state index < -0.39 is 0 Å². The Balaban J connectivity index is 1.63. The van der Waals surface area contributed by atoms with Crippen molar-refractivity contribution in [2.24, 2.45) is 0 Å². The highest BCUT2D eigenvalue weighted by Gasteiger charge is 2.10. The Morgan fingerprint density at radius 3 is 3.00 bits per heavy atom. The lowest BCUT2D eigenvalue weighted by molar-refractivity contribution is 0.232. The molecule has 0 bridgehead atoms. The van der Waals surface area contributed by atoms with Crippen LogP contribution < -0.4 is 4.74 Å². The molecule has 1 fully saturated rings. The van der Waals surface area contributed by atoms with Gasteiger partial charge in [0, 0.05) is 6.54 Å². The Kier molecular flexibility index (Phi) is 2.82. The summed E-state index contributed by atoms with van der Waals surface area (Å²) in [4.78, 5) is 9.22. The number of hydrogen-bond donors (Lipinski definition) is 1. The van der Waals surface area contributed by atoms with Crippen molar-refractivity contribution < 1.29 is 4.74 Å². The molecule has 1 aliphatic heterocycles. The maximum Gasteiger partial charge on any atom is 0.210 e. The third-order valence-corrected chi connectivity index (χ3v) is 2.34. The number of nitrogens with one attached hydrogen (secondary N) is 1. The molecule has 2 rings (SSSR count). The Hall–Kier alpha value is -1.03. The molecule has 72 valence electrons. The monoisotopic (exact) mass is 181 g/mol. The zero-order chi connectivity index (χ0) is 8.93. The van der Waals surface area contributed by atoms with Gasteiger partial charge in [0.15, 0.2) is 0 Å². The van der Waals surface area contributed by atoms with Gasteiger partial charge in [-0.25, -0.2) is 4.98 Å². The summed E-state index contributed by atoms with van der Waals surface area (Å²) >= 11 is 0. The Labute approximate surface area is 77.9 Å². The fourth-order valence-electron chi connectivity index (χ4n) is 1.61. The minimum absolute atomic E-state index is 0.752. The van der Waals surface area contributed by atoms with E-state index in [2.05, 4.69) is 14.9 Å². The maximum absolute atomic E-state index is 5.45. The van der Waals surface area contributed by atoms with Crippen molar-refractivity contribution in [3.63, 3.8) is 0 Å². The van der Waals surface area contributed by atoms with E-state index in [1.807, 2.05) is 0 Å². The van der Waals surface area contributed by atoms with Gasteiger partial charge in [-0.15, -0.1) is 0 Å². The van der Waals surface area contributed by atoms with Gasteiger partial charge in [0.25, 0.3) is 0 Å². The predicted molar refractivity (Wildman–Crippen MR) is 49.8 cm³/mol. The normalized spacial score (nSPS) is 17.8. The molecule has 2 heterocycles. The van der Waals surface area contributed by atoms with Crippen LogP contribution >= 0.6 is 0 Å². The maximum atomic E-state index is 5.45. The molecule has 0 atom stereocenters. The van der Waals surface area contributed by atoms with Crippen molar-refractivity contribution in [3.05, 3.63) is 12.5 Å². The summed E-state index contributed by atoms with van der Waals surface area (Å²) in [6, 6.07) is 0. The third-order valence-electron chi connectivity index (χ3n) is 2.34. The highest BCUT2D eigenvalue weighted by Crippen LogP contribution is 2.07. The highest BCUT2D eigenvalue weighted by molar-refractivity contribution is 5.00. The minimum atomic E-state index is 0.752. The zero-order valence-corrected chi connectivity index (χ0v) is 7.70. The van der Waals surface area contributed by atoms with Crippen LogP contribution in [0.3, 0.4) is 0 Å². The molecule has 1 aliphatic rings. The fraction of sp³-hybridized carbons (Fsp3) is 0.667. The number of nitrogens with zero attached hydrogens (tertiary/aromatic N) is 2. The lowest BCUT2D eigenvalue weighted by Gasteiger charge is -2.13. The van der Waals surface area contributed by atoms with E-state index in [-0.39, 0.29) is 0 Å². The van der Waals surface area contributed by atoms with Crippen LogP contribution in [-0.2, 0) is 0 Å². The van der Waals surface area contributed by atoms with Gasteiger partial charge in [-0.2, -0.15) is 0 Å². The number of aromatic nitrogens is 2. The molecule has 4 heteroatoms.